The van der Waals surface area contributed by atoms with Crippen LogP contribution in [0.1, 0.15) is 24.1 Å². The van der Waals surface area contributed by atoms with E-state index in [4.69, 9.17) is 16.3 Å². The highest BCUT2D eigenvalue weighted by Crippen LogP contribution is 2.19. The van der Waals surface area contributed by atoms with E-state index in [2.05, 4.69) is 5.32 Å². The van der Waals surface area contributed by atoms with Gasteiger partial charge in [-0.2, -0.15) is 0 Å². The number of hydrogen-bond donors (Lipinski definition) is 1. The van der Waals surface area contributed by atoms with Crippen LogP contribution in [0.2, 0.25) is 5.02 Å². The number of benzene rings is 3. The van der Waals surface area contributed by atoms with E-state index in [-0.39, 0.29) is 25.0 Å². The number of nitrogens with one attached hydrogen (secondary N) is 1. The Morgan fingerprint density at radius 1 is 1.04 bits per heavy atom. The summed E-state index contributed by atoms with van der Waals surface area (Å²) in [5, 5.41) is 5.48. The van der Waals surface area contributed by atoms with Crippen LogP contribution in [0, 0.1) is 0 Å². The van der Waals surface area contributed by atoms with Gasteiger partial charge in [-0.25, -0.2) is 0 Å². The van der Waals surface area contributed by atoms with Crippen LogP contribution >= 0.6 is 11.6 Å². The minimum absolute atomic E-state index is 0.123. The van der Waals surface area contributed by atoms with Crippen molar-refractivity contribution >= 4 is 34.2 Å². The van der Waals surface area contributed by atoms with Crippen LogP contribution in [0.4, 0.5) is 0 Å². The van der Waals surface area contributed by atoms with Crippen molar-refractivity contribution in [2.45, 2.75) is 19.4 Å². The molecule has 3 aromatic rings. The first-order valence-corrected chi connectivity index (χ1v) is 9.08. The Bertz CT molecular complexity index is 965. The fraction of sp³-hybridized carbons (Fsp3) is 0.182. The summed E-state index contributed by atoms with van der Waals surface area (Å²) in [4.78, 5) is 24.2. The first-order valence-electron chi connectivity index (χ1n) is 8.70. The summed E-state index contributed by atoms with van der Waals surface area (Å²) in [5.41, 5.74) is 1.77. The Hall–Kier alpha value is -2.85. The van der Waals surface area contributed by atoms with E-state index in [9.17, 15) is 9.59 Å². The smallest absolute Gasteiger partial charge is 0.310 e. The van der Waals surface area contributed by atoms with Crippen LogP contribution in [0.15, 0.2) is 66.7 Å². The van der Waals surface area contributed by atoms with Gasteiger partial charge in [0.05, 0.1) is 12.5 Å². The summed E-state index contributed by atoms with van der Waals surface area (Å²) < 4.78 is 5.14. The summed E-state index contributed by atoms with van der Waals surface area (Å²) in [6.07, 6.45) is 0.123. The van der Waals surface area contributed by atoms with Crippen LogP contribution in [0.3, 0.4) is 0 Å². The van der Waals surface area contributed by atoms with Gasteiger partial charge >= 0.3 is 5.97 Å². The highest BCUT2D eigenvalue weighted by atomic mass is 35.5. The van der Waals surface area contributed by atoms with Crippen LogP contribution in [-0.2, 0) is 20.7 Å². The molecule has 0 radical (unpaired) electrons. The second kappa shape index (κ2) is 8.69. The molecule has 1 amide bonds. The number of rotatable bonds is 6. The van der Waals surface area contributed by atoms with Crippen LogP contribution in [0.5, 0.6) is 0 Å². The summed E-state index contributed by atoms with van der Waals surface area (Å²) in [6.45, 7) is 1.54. The number of carbonyl (C=O) groups excluding carboxylic acids is 2. The lowest BCUT2D eigenvalue weighted by Crippen LogP contribution is -2.31. The van der Waals surface area contributed by atoms with Gasteiger partial charge in [0.15, 0.2) is 6.61 Å². The zero-order chi connectivity index (χ0) is 19.2. The number of carbonyl (C=O) groups is 2. The minimum atomic E-state index is -0.433. The van der Waals surface area contributed by atoms with E-state index >= 15 is 0 Å². The Morgan fingerprint density at radius 3 is 2.59 bits per heavy atom. The minimum Gasteiger partial charge on any atom is -0.455 e. The van der Waals surface area contributed by atoms with E-state index < -0.39 is 5.97 Å². The molecule has 0 unspecified atom stereocenters. The van der Waals surface area contributed by atoms with Crippen molar-refractivity contribution in [1.82, 2.24) is 5.32 Å². The Kier molecular flexibility index (Phi) is 6.09. The lowest BCUT2D eigenvalue weighted by molar-refractivity contribution is -0.148. The van der Waals surface area contributed by atoms with Crippen LogP contribution in [-0.4, -0.2) is 18.5 Å². The number of ether oxygens (including phenoxy) is 1. The molecule has 0 saturated carbocycles. The molecule has 138 valence electrons. The summed E-state index contributed by atoms with van der Waals surface area (Å²) in [6, 6.07) is 20.7. The fourth-order valence-electron chi connectivity index (χ4n) is 2.94. The standard InChI is InChI=1S/C22H20ClNO3/c1-15(17-8-5-10-19(23)12-17)24-21(25)14-27-22(26)13-18-9-4-7-16-6-2-3-11-20(16)18/h2-12,15H,13-14H2,1H3,(H,24,25)/t15-/m0/s1. The molecule has 0 heterocycles. The lowest BCUT2D eigenvalue weighted by Gasteiger charge is -2.14. The van der Waals surface area contributed by atoms with Crippen LogP contribution < -0.4 is 5.32 Å². The molecular weight excluding hydrogens is 362 g/mol. The number of esters is 1. The molecule has 0 aliphatic heterocycles. The molecule has 0 saturated heterocycles. The maximum absolute atomic E-state index is 12.1. The maximum atomic E-state index is 12.1. The molecule has 0 aliphatic carbocycles. The highest BCUT2D eigenvalue weighted by molar-refractivity contribution is 6.30. The molecule has 4 nitrogen and oxygen atoms in total. The van der Waals surface area contributed by atoms with Gasteiger partial charge in [0.2, 0.25) is 0 Å². The first kappa shape index (κ1) is 18.9. The maximum Gasteiger partial charge on any atom is 0.310 e. The van der Waals surface area contributed by atoms with E-state index in [1.807, 2.05) is 61.5 Å². The van der Waals surface area contributed by atoms with E-state index in [1.165, 1.54) is 0 Å². The number of hydrogen-bond acceptors (Lipinski definition) is 3. The molecule has 0 fully saturated rings. The van der Waals surface area contributed by atoms with Crippen molar-refractivity contribution in [1.29, 1.82) is 0 Å². The summed E-state index contributed by atoms with van der Waals surface area (Å²) >= 11 is 5.96. The highest BCUT2D eigenvalue weighted by Gasteiger charge is 2.13. The average molecular weight is 382 g/mol. The largest absolute Gasteiger partial charge is 0.455 e. The van der Waals surface area contributed by atoms with Crippen molar-refractivity contribution in [2.75, 3.05) is 6.61 Å². The Morgan fingerprint density at radius 2 is 1.78 bits per heavy atom. The lowest BCUT2D eigenvalue weighted by atomic mass is 10.0. The quantitative estimate of drug-likeness (QED) is 0.641. The van der Waals surface area contributed by atoms with Crippen LogP contribution in [0.25, 0.3) is 10.8 Å². The topological polar surface area (TPSA) is 55.4 Å². The zero-order valence-corrected chi connectivity index (χ0v) is 15.7. The SMILES string of the molecule is C[C@H](NC(=O)COC(=O)Cc1cccc2ccccc12)c1cccc(Cl)c1. The fourth-order valence-corrected chi connectivity index (χ4v) is 3.14. The van der Waals surface area contributed by atoms with Crippen molar-refractivity contribution in [2.24, 2.45) is 0 Å². The zero-order valence-electron chi connectivity index (χ0n) is 14.9. The van der Waals surface area contributed by atoms with Crippen molar-refractivity contribution in [3.05, 3.63) is 82.9 Å². The van der Waals surface area contributed by atoms with Gasteiger partial charge in [-0.3, -0.25) is 9.59 Å². The third-order valence-electron chi connectivity index (χ3n) is 4.31. The van der Waals surface area contributed by atoms with Gasteiger partial charge in [0, 0.05) is 5.02 Å². The predicted molar refractivity (Wildman–Crippen MR) is 107 cm³/mol. The van der Waals surface area contributed by atoms with E-state index in [1.54, 1.807) is 12.1 Å². The van der Waals surface area contributed by atoms with Gasteiger partial charge in [0.25, 0.3) is 5.91 Å². The first-order chi connectivity index (χ1) is 13.0. The Labute approximate surface area is 163 Å². The van der Waals surface area contributed by atoms with Gasteiger partial charge in [0.1, 0.15) is 0 Å². The van der Waals surface area contributed by atoms with E-state index in [0.29, 0.717) is 5.02 Å². The molecule has 3 rings (SSSR count). The third-order valence-corrected chi connectivity index (χ3v) is 4.54. The van der Waals surface area contributed by atoms with Gasteiger partial charge in [-0.1, -0.05) is 66.2 Å². The molecule has 5 heteroatoms. The molecule has 0 aliphatic rings. The molecule has 1 atom stereocenters. The Balaban J connectivity index is 1.53. The second-order valence-electron chi connectivity index (χ2n) is 6.32. The summed E-state index contributed by atoms with van der Waals surface area (Å²) in [5.74, 6) is -0.786. The molecule has 27 heavy (non-hydrogen) atoms. The van der Waals surface area contributed by atoms with Gasteiger partial charge in [-0.15, -0.1) is 0 Å². The van der Waals surface area contributed by atoms with Gasteiger partial charge in [-0.05, 0) is 41.0 Å². The number of fused-ring (bicyclic) bond motifs is 1. The number of amides is 1. The normalized spacial score (nSPS) is 11.8. The summed E-state index contributed by atoms with van der Waals surface area (Å²) in [7, 11) is 0. The molecular formula is C22H20ClNO3. The second-order valence-corrected chi connectivity index (χ2v) is 6.76. The third kappa shape index (κ3) is 5.08. The van der Waals surface area contributed by atoms with Crippen molar-refractivity contribution in [3.8, 4) is 0 Å². The molecule has 1 N–H and O–H groups in total. The molecule has 0 aromatic heterocycles. The molecule has 0 spiro atoms. The number of halogens is 1. The molecule has 3 aromatic carbocycles. The van der Waals surface area contributed by atoms with Crippen molar-refractivity contribution in [3.63, 3.8) is 0 Å². The monoisotopic (exact) mass is 381 g/mol. The average Bonchev–Trinajstić information content (AvgIpc) is 2.67. The van der Waals surface area contributed by atoms with Crippen molar-refractivity contribution < 1.29 is 14.3 Å². The molecule has 0 bridgehead atoms. The van der Waals surface area contributed by atoms with E-state index in [0.717, 1.165) is 21.9 Å². The predicted octanol–water partition coefficient (Wildman–Crippen LogP) is 4.46. The van der Waals surface area contributed by atoms with Gasteiger partial charge < -0.3 is 10.1 Å².